The van der Waals surface area contributed by atoms with E-state index in [2.05, 4.69) is 37.3 Å². The van der Waals surface area contributed by atoms with Crippen molar-refractivity contribution >= 4 is 11.3 Å². The lowest BCUT2D eigenvalue weighted by atomic mass is 9.66. The highest BCUT2D eigenvalue weighted by molar-refractivity contribution is 7.11. The maximum Gasteiger partial charge on any atom is 0.0896 e. The van der Waals surface area contributed by atoms with Crippen molar-refractivity contribution in [3.8, 4) is 0 Å². The van der Waals surface area contributed by atoms with Crippen molar-refractivity contribution in [2.45, 2.75) is 52.5 Å². The lowest BCUT2D eigenvalue weighted by Crippen LogP contribution is -2.43. The first-order valence-corrected chi connectivity index (χ1v) is 7.06. The molecular formula is C13H22N2S. The summed E-state index contributed by atoms with van der Waals surface area (Å²) in [5, 5.41) is 4.80. The molecule has 0 radical (unpaired) electrons. The number of thiazole rings is 1. The van der Waals surface area contributed by atoms with E-state index in [0.717, 1.165) is 0 Å². The Balaban J connectivity index is 1.94. The van der Waals surface area contributed by atoms with Crippen molar-refractivity contribution in [2.24, 2.45) is 5.41 Å². The Morgan fingerprint density at radius 3 is 2.69 bits per heavy atom. The Bertz CT molecular complexity index is 339. The zero-order valence-electron chi connectivity index (χ0n) is 10.5. The molecule has 0 amide bonds. The largest absolute Gasteiger partial charge is 0.314 e. The molecule has 1 aliphatic carbocycles. The molecule has 0 saturated heterocycles. The highest BCUT2D eigenvalue weighted by Gasteiger charge is 2.37. The second-order valence-electron chi connectivity index (χ2n) is 5.41. The van der Waals surface area contributed by atoms with Crippen molar-refractivity contribution < 1.29 is 0 Å². The third-order valence-electron chi connectivity index (χ3n) is 3.52. The van der Waals surface area contributed by atoms with Crippen molar-refractivity contribution in [3.63, 3.8) is 0 Å². The van der Waals surface area contributed by atoms with Gasteiger partial charge in [0, 0.05) is 23.7 Å². The van der Waals surface area contributed by atoms with Gasteiger partial charge in [-0.15, -0.1) is 11.3 Å². The van der Waals surface area contributed by atoms with Crippen LogP contribution in [0.25, 0.3) is 0 Å². The van der Waals surface area contributed by atoms with Crippen LogP contribution in [-0.4, -0.2) is 17.6 Å². The van der Waals surface area contributed by atoms with Gasteiger partial charge in [-0.25, -0.2) is 4.98 Å². The fourth-order valence-corrected chi connectivity index (χ4v) is 3.34. The van der Waals surface area contributed by atoms with Gasteiger partial charge in [0.05, 0.1) is 5.01 Å². The lowest BCUT2D eigenvalue weighted by molar-refractivity contribution is 0.128. The van der Waals surface area contributed by atoms with Gasteiger partial charge in [0.15, 0.2) is 0 Å². The molecule has 3 heteroatoms. The monoisotopic (exact) mass is 238 g/mol. The Kier molecular flexibility index (Phi) is 3.65. The summed E-state index contributed by atoms with van der Waals surface area (Å²) in [4.78, 5) is 5.81. The normalized spacial score (nSPS) is 18.8. The first-order chi connectivity index (χ1) is 7.60. The van der Waals surface area contributed by atoms with E-state index in [0.29, 0.717) is 11.5 Å². The van der Waals surface area contributed by atoms with Crippen molar-refractivity contribution in [2.75, 3.05) is 6.54 Å². The summed E-state index contributed by atoms with van der Waals surface area (Å²) in [7, 11) is 0. The maximum absolute atomic E-state index is 4.35. The predicted molar refractivity (Wildman–Crippen MR) is 70.0 cm³/mol. The van der Waals surface area contributed by atoms with E-state index in [1.807, 2.05) is 11.3 Å². The first-order valence-electron chi connectivity index (χ1n) is 6.24. The van der Waals surface area contributed by atoms with Gasteiger partial charge in [0.1, 0.15) is 0 Å². The highest BCUT2D eigenvalue weighted by atomic mass is 32.1. The zero-order chi connectivity index (χ0) is 11.6. The van der Waals surface area contributed by atoms with Crippen LogP contribution >= 0.6 is 11.3 Å². The number of rotatable bonds is 5. The van der Waals surface area contributed by atoms with Gasteiger partial charge in [-0.05, 0) is 31.6 Å². The van der Waals surface area contributed by atoms with Crippen LogP contribution in [0.2, 0.25) is 0 Å². The number of nitrogens with zero attached hydrogens (tertiary/aromatic N) is 1. The third kappa shape index (κ3) is 2.83. The van der Waals surface area contributed by atoms with Gasteiger partial charge in [-0.1, -0.05) is 20.3 Å². The molecule has 1 aromatic heterocycles. The SMILES string of the molecule is Cc1ncc(CC2(CNC(C)C)CCC2)s1. The minimum atomic E-state index is 0.531. The summed E-state index contributed by atoms with van der Waals surface area (Å²) in [5.41, 5.74) is 0.531. The van der Waals surface area contributed by atoms with Crippen molar-refractivity contribution in [1.82, 2.24) is 10.3 Å². The molecule has 1 aliphatic rings. The standard InChI is InChI=1S/C13H22N2S/c1-10(2)15-9-13(5-4-6-13)7-12-8-14-11(3)16-12/h8,10,15H,4-7,9H2,1-3H3. The molecule has 0 spiro atoms. The van der Waals surface area contributed by atoms with Crippen LogP contribution in [0.4, 0.5) is 0 Å². The molecule has 16 heavy (non-hydrogen) atoms. The van der Waals surface area contributed by atoms with Crippen LogP contribution < -0.4 is 5.32 Å². The van der Waals surface area contributed by atoms with Gasteiger partial charge in [-0.3, -0.25) is 0 Å². The maximum atomic E-state index is 4.35. The molecule has 0 aromatic carbocycles. The molecule has 0 unspecified atom stereocenters. The summed E-state index contributed by atoms with van der Waals surface area (Å²) in [6.07, 6.45) is 7.44. The van der Waals surface area contributed by atoms with Crippen LogP contribution in [0.15, 0.2) is 6.20 Å². The Labute approximate surface area is 102 Å². The number of aromatic nitrogens is 1. The van der Waals surface area contributed by atoms with Gasteiger partial charge < -0.3 is 5.32 Å². The summed E-state index contributed by atoms with van der Waals surface area (Å²) >= 11 is 1.86. The summed E-state index contributed by atoms with van der Waals surface area (Å²) in [5.74, 6) is 0. The minimum absolute atomic E-state index is 0.531. The predicted octanol–water partition coefficient (Wildman–Crippen LogP) is 3.16. The van der Waals surface area contributed by atoms with Gasteiger partial charge in [0.25, 0.3) is 0 Å². The Hall–Kier alpha value is -0.410. The van der Waals surface area contributed by atoms with E-state index in [-0.39, 0.29) is 0 Å². The lowest BCUT2D eigenvalue weighted by Gasteiger charge is -2.42. The molecule has 2 rings (SSSR count). The number of hydrogen-bond donors (Lipinski definition) is 1. The highest BCUT2D eigenvalue weighted by Crippen LogP contribution is 2.43. The van der Waals surface area contributed by atoms with E-state index in [9.17, 15) is 0 Å². The second-order valence-corrected chi connectivity index (χ2v) is 6.73. The summed E-state index contributed by atoms with van der Waals surface area (Å²) < 4.78 is 0. The summed E-state index contributed by atoms with van der Waals surface area (Å²) in [6.45, 7) is 7.71. The van der Waals surface area contributed by atoms with Crippen LogP contribution in [0, 0.1) is 12.3 Å². The third-order valence-corrected chi connectivity index (χ3v) is 4.43. The van der Waals surface area contributed by atoms with Gasteiger partial charge in [-0.2, -0.15) is 0 Å². The van der Waals surface area contributed by atoms with E-state index in [4.69, 9.17) is 0 Å². The molecule has 1 fully saturated rings. The molecule has 0 aliphatic heterocycles. The number of aryl methyl sites for hydroxylation is 1. The zero-order valence-corrected chi connectivity index (χ0v) is 11.4. The number of nitrogens with one attached hydrogen (secondary N) is 1. The van der Waals surface area contributed by atoms with E-state index in [1.54, 1.807) is 0 Å². The average Bonchev–Trinajstić information content (AvgIpc) is 2.55. The average molecular weight is 238 g/mol. The molecule has 0 bridgehead atoms. The quantitative estimate of drug-likeness (QED) is 0.852. The summed E-state index contributed by atoms with van der Waals surface area (Å²) in [6, 6.07) is 0.598. The minimum Gasteiger partial charge on any atom is -0.314 e. The molecule has 1 N–H and O–H groups in total. The number of hydrogen-bond acceptors (Lipinski definition) is 3. The molecule has 90 valence electrons. The fraction of sp³-hybridized carbons (Fsp3) is 0.769. The molecular weight excluding hydrogens is 216 g/mol. The molecule has 1 saturated carbocycles. The molecule has 0 atom stereocenters. The van der Waals surface area contributed by atoms with E-state index < -0.39 is 0 Å². The fourth-order valence-electron chi connectivity index (χ4n) is 2.37. The topological polar surface area (TPSA) is 24.9 Å². The molecule has 1 heterocycles. The molecule has 2 nitrogen and oxygen atoms in total. The van der Waals surface area contributed by atoms with Crippen LogP contribution in [0.3, 0.4) is 0 Å². The van der Waals surface area contributed by atoms with Crippen LogP contribution in [0.1, 0.15) is 43.0 Å². The van der Waals surface area contributed by atoms with Gasteiger partial charge >= 0.3 is 0 Å². The second kappa shape index (κ2) is 4.84. The smallest absolute Gasteiger partial charge is 0.0896 e. The Morgan fingerprint density at radius 2 is 2.25 bits per heavy atom. The van der Waals surface area contributed by atoms with Crippen molar-refractivity contribution in [1.29, 1.82) is 0 Å². The molecule has 1 aromatic rings. The van der Waals surface area contributed by atoms with Crippen molar-refractivity contribution in [3.05, 3.63) is 16.1 Å². The van der Waals surface area contributed by atoms with Gasteiger partial charge in [0.2, 0.25) is 0 Å². The van der Waals surface area contributed by atoms with Crippen LogP contribution in [0.5, 0.6) is 0 Å². The van der Waals surface area contributed by atoms with Crippen LogP contribution in [-0.2, 0) is 6.42 Å². The first kappa shape index (κ1) is 12.1. The van der Waals surface area contributed by atoms with E-state index in [1.165, 1.54) is 42.1 Å². The Morgan fingerprint density at radius 1 is 1.50 bits per heavy atom. The van der Waals surface area contributed by atoms with E-state index >= 15 is 0 Å².